The van der Waals surface area contributed by atoms with Gasteiger partial charge in [0.25, 0.3) is 11.8 Å². The summed E-state index contributed by atoms with van der Waals surface area (Å²) in [4.78, 5) is 41.1. The zero-order valence-corrected chi connectivity index (χ0v) is 17.9. The molecule has 8 nitrogen and oxygen atoms in total. The molecular weight excluding hydrogens is 370 g/mol. The zero-order valence-electron chi connectivity index (χ0n) is 17.9. The molecule has 0 saturated carbocycles. The molecule has 0 bridgehead atoms. The van der Waals surface area contributed by atoms with Crippen LogP contribution < -0.4 is 10.7 Å². The Morgan fingerprint density at radius 1 is 1.10 bits per heavy atom. The minimum absolute atomic E-state index is 0.00422. The number of piperazine rings is 1. The molecule has 2 N–H and O–H groups in total. The summed E-state index contributed by atoms with van der Waals surface area (Å²) in [5.74, 6) is -0.787. The molecule has 0 radical (unpaired) electrons. The lowest BCUT2D eigenvalue weighted by molar-refractivity contribution is -0.136. The van der Waals surface area contributed by atoms with E-state index >= 15 is 0 Å². The van der Waals surface area contributed by atoms with Gasteiger partial charge in [0.1, 0.15) is 12.1 Å². The number of hydrogen-bond donors (Lipinski definition) is 2. The Morgan fingerprint density at radius 2 is 1.69 bits per heavy atom. The van der Waals surface area contributed by atoms with Crippen LogP contribution in [0.2, 0.25) is 0 Å². The second-order valence-electron chi connectivity index (χ2n) is 9.10. The highest BCUT2D eigenvalue weighted by atomic mass is 16.2. The lowest BCUT2D eigenvalue weighted by Crippen LogP contribution is -2.54. The van der Waals surface area contributed by atoms with Crippen LogP contribution in [-0.4, -0.2) is 72.4 Å². The summed E-state index contributed by atoms with van der Waals surface area (Å²) in [5, 5.41) is 4.58. The van der Waals surface area contributed by atoms with E-state index in [4.69, 9.17) is 0 Å². The first kappa shape index (κ1) is 21.3. The Morgan fingerprint density at radius 3 is 2.24 bits per heavy atom. The summed E-state index contributed by atoms with van der Waals surface area (Å²) < 4.78 is 0. The minimum atomic E-state index is -1.18. The van der Waals surface area contributed by atoms with Gasteiger partial charge in [-0.25, -0.2) is 9.80 Å². The Kier molecular flexibility index (Phi) is 5.69. The number of hydrogen-bond acceptors (Lipinski definition) is 5. The molecule has 1 aromatic carbocycles. The van der Waals surface area contributed by atoms with Gasteiger partial charge in [-0.05, 0) is 30.5 Å². The van der Waals surface area contributed by atoms with Crippen LogP contribution in [0.4, 0.5) is 4.79 Å². The van der Waals surface area contributed by atoms with Crippen molar-refractivity contribution in [1.82, 2.24) is 25.6 Å². The summed E-state index contributed by atoms with van der Waals surface area (Å²) >= 11 is 0. The number of rotatable bonds is 4. The molecular formula is C21H31N5O3. The third-order valence-corrected chi connectivity index (χ3v) is 5.69. The maximum Gasteiger partial charge on any atom is 0.325 e. The Balaban J connectivity index is 1.67. The Bertz CT molecular complexity index is 794. The van der Waals surface area contributed by atoms with Crippen molar-refractivity contribution >= 4 is 17.8 Å². The quantitative estimate of drug-likeness (QED) is 0.736. The Labute approximate surface area is 172 Å². The number of urea groups is 1. The molecule has 158 valence electrons. The van der Waals surface area contributed by atoms with Gasteiger partial charge in [-0.2, -0.15) is 0 Å². The zero-order chi connectivity index (χ0) is 21.4. The van der Waals surface area contributed by atoms with Crippen LogP contribution in [0, 0.1) is 0 Å². The summed E-state index contributed by atoms with van der Waals surface area (Å²) in [7, 11) is 2.03. The fraction of sp³-hybridized carbons (Fsp3) is 0.571. The van der Waals surface area contributed by atoms with Crippen molar-refractivity contribution in [2.45, 2.75) is 38.6 Å². The average Bonchev–Trinajstić information content (AvgIpc) is 2.87. The Hall–Kier alpha value is -2.45. The topological polar surface area (TPSA) is 85.0 Å². The van der Waals surface area contributed by atoms with Crippen LogP contribution in [0.3, 0.4) is 0 Å². The number of benzene rings is 1. The molecule has 2 aliphatic heterocycles. The van der Waals surface area contributed by atoms with E-state index < -0.39 is 17.5 Å². The number of hydrazine groups is 1. The van der Waals surface area contributed by atoms with Crippen LogP contribution in [0.1, 0.15) is 38.8 Å². The third kappa shape index (κ3) is 4.43. The van der Waals surface area contributed by atoms with Gasteiger partial charge >= 0.3 is 6.03 Å². The van der Waals surface area contributed by atoms with Gasteiger partial charge in [0.2, 0.25) is 0 Å². The highest BCUT2D eigenvalue weighted by Crippen LogP contribution is 2.31. The van der Waals surface area contributed by atoms with Crippen LogP contribution in [0.25, 0.3) is 0 Å². The first-order chi connectivity index (χ1) is 13.5. The molecule has 0 aromatic heterocycles. The number of carbonyl (C=O) groups is 3. The van der Waals surface area contributed by atoms with Gasteiger partial charge in [0, 0.05) is 26.2 Å². The number of nitrogens with one attached hydrogen (secondary N) is 2. The molecule has 1 atom stereocenters. The largest absolute Gasteiger partial charge is 0.325 e. The van der Waals surface area contributed by atoms with E-state index in [1.165, 1.54) is 0 Å². The maximum absolute atomic E-state index is 13.0. The third-order valence-electron chi connectivity index (χ3n) is 5.69. The van der Waals surface area contributed by atoms with Crippen molar-refractivity contribution in [2.24, 2.45) is 0 Å². The SMILES string of the molecule is CN1CCN(NC(=O)CN2C(=O)NC(C)(c3ccc(C(C)(C)C)cc3)C2=O)CC1. The monoisotopic (exact) mass is 401 g/mol. The molecule has 2 fully saturated rings. The summed E-state index contributed by atoms with van der Waals surface area (Å²) in [5.41, 5.74) is 3.45. The molecule has 1 aromatic rings. The van der Waals surface area contributed by atoms with E-state index in [0.717, 1.165) is 23.6 Å². The lowest BCUT2D eigenvalue weighted by atomic mass is 9.84. The normalized spacial score (nSPS) is 24.0. The molecule has 0 spiro atoms. The van der Waals surface area contributed by atoms with E-state index in [-0.39, 0.29) is 17.9 Å². The van der Waals surface area contributed by atoms with Gasteiger partial charge in [0.15, 0.2) is 0 Å². The molecule has 1 unspecified atom stereocenters. The van der Waals surface area contributed by atoms with E-state index in [9.17, 15) is 14.4 Å². The van der Waals surface area contributed by atoms with E-state index in [1.54, 1.807) is 6.92 Å². The van der Waals surface area contributed by atoms with Crippen LogP contribution in [-0.2, 0) is 20.5 Å². The van der Waals surface area contributed by atoms with E-state index in [1.807, 2.05) is 36.3 Å². The van der Waals surface area contributed by atoms with Gasteiger partial charge in [-0.15, -0.1) is 0 Å². The van der Waals surface area contributed by atoms with Gasteiger partial charge in [0.05, 0.1) is 0 Å². The van der Waals surface area contributed by atoms with E-state index in [2.05, 4.69) is 36.4 Å². The summed E-state index contributed by atoms with van der Waals surface area (Å²) in [6.45, 7) is 10.9. The number of carbonyl (C=O) groups excluding carboxylic acids is 3. The highest BCUT2D eigenvalue weighted by Gasteiger charge is 2.49. The molecule has 3 rings (SSSR count). The second-order valence-corrected chi connectivity index (χ2v) is 9.10. The first-order valence-electron chi connectivity index (χ1n) is 9.99. The van der Waals surface area contributed by atoms with Crippen LogP contribution >= 0.6 is 0 Å². The van der Waals surface area contributed by atoms with Crippen LogP contribution in [0.5, 0.6) is 0 Å². The van der Waals surface area contributed by atoms with Crippen molar-refractivity contribution in [3.8, 4) is 0 Å². The van der Waals surface area contributed by atoms with Crippen molar-refractivity contribution in [3.63, 3.8) is 0 Å². The first-order valence-corrected chi connectivity index (χ1v) is 9.99. The molecule has 29 heavy (non-hydrogen) atoms. The fourth-order valence-corrected chi connectivity index (χ4v) is 3.61. The fourth-order valence-electron chi connectivity index (χ4n) is 3.61. The van der Waals surface area contributed by atoms with Gasteiger partial charge in [-0.1, -0.05) is 45.0 Å². The minimum Gasteiger partial charge on any atom is -0.319 e. The summed E-state index contributed by atoms with van der Waals surface area (Å²) in [6, 6.07) is 7.14. The lowest BCUT2D eigenvalue weighted by Gasteiger charge is -2.32. The number of amides is 4. The number of likely N-dealkylation sites (N-methyl/N-ethyl adjacent to an activating group) is 1. The van der Waals surface area contributed by atoms with Crippen molar-refractivity contribution in [2.75, 3.05) is 39.8 Å². The molecule has 2 aliphatic rings. The molecule has 2 saturated heterocycles. The van der Waals surface area contributed by atoms with Gasteiger partial charge in [-0.3, -0.25) is 19.9 Å². The van der Waals surface area contributed by atoms with Crippen molar-refractivity contribution < 1.29 is 14.4 Å². The molecule has 8 heteroatoms. The van der Waals surface area contributed by atoms with Crippen LogP contribution in [0.15, 0.2) is 24.3 Å². The van der Waals surface area contributed by atoms with Gasteiger partial charge < -0.3 is 10.2 Å². The molecule has 0 aliphatic carbocycles. The predicted molar refractivity (Wildman–Crippen MR) is 110 cm³/mol. The standard InChI is InChI=1S/C21H31N5O3/c1-20(2,3)15-6-8-16(9-7-15)21(4)18(28)26(19(29)22-21)14-17(27)23-25-12-10-24(5)11-13-25/h6-9H,10-14H2,1-5H3,(H,22,29)(H,23,27). The summed E-state index contributed by atoms with van der Waals surface area (Å²) in [6.07, 6.45) is 0. The maximum atomic E-state index is 13.0. The average molecular weight is 402 g/mol. The highest BCUT2D eigenvalue weighted by molar-refractivity contribution is 6.09. The molecule has 4 amide bonds. The smallest absolute Gasteiger partial charge is 0.319 e. The molecule has 2 heterocycles. The van der Waals surface area contributed by atoms with Crippen molar-refractivity contribution in [1.29, 1.82) is 0 Å². The van der Waals surface area contributed by atoms with Crippen molar-refractivity contribution in [3.05, 3.63) is 35.4 Å². The number of imide groups is 1. The van der Waals surface area contributed by atoms with E-state index in [0.29, 0.717) is 18.7 Å². The predicted octanol–water partition coefficient (Wildman–Crippen LogP) is 1.03. The number of nitrogens with zero attached hydrogens (tertiary/aromatic N) is 3. The second kappa shape index (κ2) is 7.76.